The number of pyridine rings is 1. The van der Waals surface area contributed by atoms with Gasteiger partial charge in [0.15, 0.2) is 5.65 Å². The maximum Gasteiger partial charge on any atom is 0.252 e. The molecule has 0 radical (unpaired) electrons. The van der Waals surface area contributed by atoms with Crippen LogP contribution in [0.3, 0.4) is 0 Å². The maximum atomic E-state index is 12.5. The number of amides is 1. The summed E-state index contributed by atoms with van der Waals surface area (Å²) >= 11 is 0. The fourth-order valence-corrected chi connectivity index (χ4v) is 4.11. The molecular weight excluding hydrogens is 378 g/mol. The monoisotopic (exact) mass is 407 g/mol. The highest BCUT2D eigenvalue weighted by Gasteiger charge is 2.21. The molecule has 3 heterocycles. The van der Waals surface area contributed by atoms with Crippen LogP contribution in [0.4, 0.5) is 0 Å². The molecule has 1 aromatic carbocycles. The van der Waals surface area contributed by atoms with Crippen LogP contribution in [-0.2, 0) is 13.0 Å². The number of nitrogens with zero attached hydrogens (tertiary/aromatic N) is 4. The summed E-state index contributed by atoms with van der Waals surface area (Å²) in [4.78, 5) is 23.7. The Bertz CT molecular complexity index is 972. The molecule has 158 valence electrons. The Balaban J connectivity index is 1.33. The van der Waals surface area contributed by atoms with E-state index in [4.69, 9.17) is 0 Å². The van der Waals surface area contributed by atoms with Crippen molar-refractivity contribution in [2.24, 2.45) is 0 Å². The van der Waals surface area contributed by atoms with Crippen LogP contribution in [0.2, 0.25) is 0 Å². The molecule has 7 nitrogen and oxygen atoms in total. The van der Waals surface area contributed by atoms with Crippen molar-refractivity contribution >= 4 is 17.1 Å². The molecule has 7 heteroatoms. The topological polar surface area (TPSA) is 83.3 Å². The van der Waals surface area contributed by atoms with Gasteiger partial charge in [-0.05, 0) is 37.4 Å². The lowest BCUT2D eigenvalue weighted by molar-refractivity contribution is 0.0849. The van der Waals surface area contributed by atoms with Crippen molar-refractivity contribution in [2.75, 3.05) is 26.2 Å². The van der Waals surface area contributed by atoms with Gasteiger partial charge in [0.1, 0.15) is 5.52 Å². The molecule has 3 aromatic rings. The summed E-state index contributed by atoms with van der Waals surface area (Å²) in [5, 5.41) is 12.5. The lowest BCUT2D eigenvalue weighted by Crippen LogP contribution is -2.45. The second kappa shape index (κ2) is 9.82. The van der Waals surface area contributed by atoms with E-state index in [0.717, 1.165) is 56.5 Å². The Labute approximate surface area is 176 Å². The number of nitrogens with one attached hydrogen (secondary N) is 1. The van der Waals surface area contributed by atoms with Gasteiger partial charge in [0.25, 0.3) is 5.91 Å². The Morgan fingerprint density at radius 3 is 2.87 bits per heavy atom. The third-order valence-electron chi connectivity index (χ3n) is 5.85. The van der Waals surface area contributed by atoms with Crippen LogP contribution in [0.1, 0.15) is 35.2 Å². The largest absolute Gasteiger partial charge is 0.395 e. The van der Waals surface area contributed by atoms with Gasteiger partial charge in [0.05, 0.1) is 18.5 Å². The van der Waals surface area contributed by atoms with Crippen LogP contribution >= 0.6 is 0 Å². The highest BCUT2D eigenvalue weighted by Crippen LogP contribution is 2.16. The number of aryl methyl sites for hydroxylation is 2. The first-order valence-electron chi connectivity index (χ1n) is 10.7. The van der Waals surface area contributed by atoms with Gasteiger partial charge in [-0.2, -0.15) is 0 Å². The molecule has 30 heavy (non-hydrogen) atoms. The number of hydrogen-bond acceptors (Lipinski definition) is 5. The number of aromatic nitrogens is 3. The summed E-state index contributed by atoms with van der Waals surface area (Å²) in [5.41, 5.74) is 3.31. The molecule has 0 bridgehead atoms. The van der Waals surface area contributed by atoms with E-state index in [1.807, 2.05) is 22.8 Å². The first kappa shape index (κ1) is 20.5. The zero-order chi connectivity index (χ0) is 20.8. The van der Waals surface area contributed by atoms with Gasteiger partial charge in [-0.15, -0.1) is 0 Å². The Morgan fingerprint density at radius 1 is 1.17 bits per heavy atom. The highest BCUT2D eigenvalue weighted by atomic mass is 16.3. The Kier molecular flexibility index (Phi) is 6.71. The van der Waals surface area contributed by atoms with E-state index < -0.39 is 0 Å². The minimum atomic E-state index is -0.138. The van der Waals surface area contributed by atoms with Crippen LogP contribution in [0.5, 0.6) is 0 Å². The van der Waals surface area contributed by atoms with Gasteiger partial charge >= 0.3 is 0 Å². The van der Waals surface area contributed by atoms with Gasteiger partial charge in [0, 0.05) is 31.9 Å². The summed E-state index contributed by atoms with van der Waals surface area (Å²) in [6, 6.07) is 12.3. The Morgan fingerprint density at radius 2 is 2.03 bits per heavy atom. The summed E-state index contributed by atoms with van der Waals surface area (Å²) in [5.74, 6) is -0.138. The average molecular weight is 408 g/mol. The van der Waals surface area contributed by atoms with E-state index in [1.54, 1.807) is 18.6 Å². The molecular formula is C23H29N5O2. The maximum absolute atomic E-state index is 12.5. The van der Waals surface area contributed by atoms with Crippen LogP contribution in [0, 0.1) is 0 Å². The number of aliphatic hydroxyl groups excluding tert-OH is 1. The molecule has 0 saturated carbocycles. The number of piperidine rings is 1. The van der Waals surface area contributed by atoms with Gasteiger partial charge in [-0.1, -0.05) is 36.8 Å². The number of carbonyl (C=O) groups excluding carboxylic acids is 1. The summed E-state index contributed by atoms with van der Waals surface area (Å²) in [6.07, 6.45) is 7.65. The first-order valence-corrected chi connectivity index (χ1v) is 10.7. The highest BCUT2D eigenvalue weighted by molar-refractivity contribution is 5.96. The number of fused-ring (bicyclic) bond motifs is 1. The second-order valence-corrected chi connectivity index (χ2v) is 7.86. The van der Waals surface area contributed by atoms with E-state index >= 15 is 0 Å². The number of benzene rings is 1. The molecule has 1 amide bonds. The van der Waals surface area contributed by atoms with Gasteiger partial charge in [-0.3, -0.25) is 9.69 Å². The summed E-state index contributed by atoms with van der Waals surface area (Å²) in [6.45, 7) is 3.26. The second-order valence-electron chi connectivity index (χ2n) is 7.86. The number of likely N-dealkylation sites (tertiary alicyclic amines) is 1. The van der Waals surface area contributed by atoms with Crippen molar-refractivity contribution in [3.63, 3.8) is 0 Å². The molecule has 2 aromatic heterocycles. The van der Waals surface area contributed by atoms with Crippen molar-refractivity contribution in [1.82, 2.24) is 24.8 Å². The molecule has 1 aliphatic heterocycles. The van der Waals surface area contributed by atoms with Crippen molar-refractivity contribution < 1.29 is 9.90 Å². The molecule has 2 N–H and O–H groups in total. The number of rotatable bonds is 8. The number of hydrogen-bond donors (Lipinski definition) is 2. The van der Waals surface area contributed by atoms with Crippen LogP contribution in [0.25, 0.3) is 11.2 Å². The number of imidazole rings is 1. The van der Waals surface area contributed by atoms with E-state index in [1.165, 1.54) is 5.56 Å². The fourth-order valence-electron chi connectivity index (χ4n) is 4.11. The van der Waals surface area contributed by atoms with Crippen molar-refractivity contribution in [1.29, 1.82) is 0 Å². The molecule has 1 fully saturated rings. The third kappa shape index (κ3) is 4.86. The lowest BCUT2D eigenvalue weighted by atomic mass is 10.0. The predicted molar refractivity (Wildman–Crippen MR) is 116 cm³/mol. The number of carbonyl (C=O) groups is 1. The smallest absolute Gasteiger partial charge is 0.252 e. The van der Waals surface area contributed by atoms with Gasteiger partial charge in [0.2, 0.25) is 0 Å². The molecule has 1 unspecified atom stereocenters. The molecule has 0 aliphatic carbocycles. The van der Waals surface area contributed by atoms with E-state index in [-0.39, 0.29) is 18.6 Å². The van der Waals surface area contributed by atoms with E-state index in [2.05, 4.69) is 32.3 Å². The molecule has 1 atom stereocenters. The van der Waals surface area contributed by atoms with E-state index in [0.29, 0.717) is 12.1 Å². The van der Waals surface area contributed by atoms with Gasteiger partial charge < -0.3 is 15.0 Å². The van der Waals surface area contributed by atoms with Gasteiger partial charge in [-0.25, -0.2) is 9.97 Å². The first-order chi connectivity index (χ1) is 14.7. The Hall–Kier alpha value is -2.77. The summed E-state index contributed by atoms with van der Waals surface area (Å²) in [7, 11) is 0. The summed E-state index contributed by atoms with van der Waals surface area (Å²) < 4.78 is 2.02. The standard InChI is InChI=1S/C23H29N5O2/c29-16-20-8-4-5-11-27(20)13-10-24-23(30)19-14-21-22(25-15-19)28(17-26-21)12-9-18-6-2-1-3-7-18/h1-3,6-7,14-15,17,20,29H,4-5,8-13,16H2,(H,24,30). The van der Waals surface area contributed by atoms with Crippen molar-refractivity contribution in [2.45, 2.75) is 38.3 Å². The predicted octanol–water partition coefficient (Wildman–Crippen LogP) is 2.25. The zero-order valence-corrected chi connectivity index (χ0v) is 17.2. The zero-order valence-electron chi connectivity index (χ0n) is 17.2. The SMILES string of the molecule is O=C(NCCN1CCCCC1CO)c1cnc2c(c1)ncn2CCc1ccccc1. The fraction of sp³-hybridized carbons (Fsp3) is 0.435. The minimum absolute atomic E-state index is 0.138. The minimum Gasteiger partial charge on any atom is -0.395 e. The normalized spacial score (nSPS) is 17.3. The third-order valence-corrected chi connectivity index (χ3v) is 5.85. The molecule has 0 spiro atoms. The number of aliphatic hydroxyl groups is 1. The van der Waals surface area contributed by atoms with Crippen molar-refractivity contribution in [3.8, 4) is 0 Å². The molecule has 4 rings (SSSR count). The molecule has 1 saturated heterocycles. The average Bonchev–Trinajstić information content (AvgIpc) is 3.21. The molecule has 1 aliphatic rings. The lowest BCUT2D eigenvalue weighted by Gasteiger charge is -2.34. The van der Waals surface area contributed by atoms with Crippen LogP contribution in [0.15, 0.2) is 48.9 Å². The van der Waals surface area contributed by atoms with Crippen LogP contribution in [-0.4, -0.2) is 62.7 Å². The van der Waals surface area contributed by atoms with Crippen molar-refractivity contribution in [3.05, 3.63) is 60.0 Å². The van der Waals surface area contributed by atoms with Crippen LogP contribution < -0.4 is 5.32 Å². The van der Waals surface area contributed by atoms with E-state index in [9.17, 15) is 9.90 Å². The quantitative estimate of drug-likeness (QED) is 0.598.